The van der Waals surface area contributed by atoms with Gasteiger partial charge < -0.3 is 9.30 Å². The molecular formula is C14H17N3O. The van der Waals surface area contributed by atoms with Crippen molar-refractivity contribution in [2.45, 2.75) is 13.3 Å². The first-order valence-corrected chi connectivity index (χ1v) is 5.83. The van der Waals surface area contributed by atoms with Crippen LogP contribution in [0.5, 0.6) is 5.75 Å². The minimum atomic E-state index is 0.721. The minimum absolute atomic E-state index is 0.721. The van der Waals surface area contributed by atoms with Gasteiger partial charge in [0.05, 0.1) is 19.1 Å². The normalized spacial score (nSPS) is 11.1. The van der Waals surface area contributed by atoms with Gasteiger partial charge in [-0.25, -0.2) is 4.98 Å². The average Bonchev–Trinajstić information content (AvgIpc) is 2.77. The van der Waals surface area contributed by atoms with Crippen LogP contribution in [0, 0.1) is 6.92 Å². The highest BCUT2D eigenvalue weighted by molar-refractivity contribution is 5.70. The first-order valence-electron chi connectivity index (χ1n) is 5.83. The van der Waals surface area contributed by atoms with E-state index in [2.05, 4.69) is 9.98 Å². The molecule has 2 rings (SSSR count). The lowest BCUT2D eigenvalue weighted by molar-refractivity contribution is 0.416. The van der Waals surface area contributed by atoms with Crippen molar-refractivity contribution in [3.8, 4) is 5.75 Å². The third-order valence-electron chi connectivity index (χ3n) is 2.70. The molecule has 1 heterocycles. The maximum atomic E-state index is 5.30. The van der Waals surface area contributed by atoms with E-state index in [9.17, 15) is 0 Å². The van der Waals surface area contributed by atoms with Gasteiger partial charge in [0.2, 0.25) is 0 Å². The molecule has 4 heteroatoms. The fourth-order valence-electron chi connectivity index (χ4n) is 1.77. The smallest absolute Gasteiger partial charge is 0.144 e. The molecule has 2 aromatic rings. The Bertz CT molecular complexity index is 558. The number of nitrogens with zero attached hydrogens (tertiary/aromatic N) is 3. The summed E-state index contributed by atoms with van der Waals surface area (Å²) in [4.78, 5) is 8.73. The van der Waals surface area contributed by atoms with E-state index in [4.69, 9.17) is 4.74 Å². The Balaban J connectivity index is 2.13. The fourth-order valence-corrected chi connectivity index (χ4v) is 1.77. The van der Waals surface area contributed by atoms with Crippen LogP contribution in [-0.4, -0.2) is 22.9 Å². The maximum Gasteiger partial charge on any atom is 0.144 e. The van der Waals surface area contributed by atoms with Gasteiger partial charge in [-0.05, 0) is 18.6 Å². The van der Waals surface area contributed by atoms with Gasteiger partial charge in [-0.1, -0.05) is 12.1 Å². The number of methoxy groups -OCH3 is 1. The molecule has 0 fully saturated rings. The predicted octanol–water partition coefficient (Wildman–Crippen LogP) is 2.68. The summed E-state index contributed by atoms with van der Waals surface area (Å²) in [5.74, 6) is 0.798. The zero-order valence-electron chi connectivity index (χ0n) is 10.9. The van der Waals surface area contributed by atoms with Crippen LogP contribution in [0.3, 0.4) is 0 Å². The first kappa shape index (κ1) is 12.4. The summed E-state index contributed by atoms with van der Waals surface area (Å²) in [6.45, 7) is 2.02. The molecule has 0 spiro atoms. The Morgan fingerprint density at radius 2 is 2.28 bits per heavy atom. The van der Waals surface area contributed by atoms with Crippen molar-refractivity contribution in [2.75, 3.05) is 7.11 Å². The molecule has 18 heavy (non-hydrogen) atoms. The van der Waals surface area contributed by atoms with E-state index in [1.165, 1.54) is 0 Å². The number of rotatable bonds is 4. The molecule has 0 N–H and O–H groups in total. The van der Waals surface area contributed by atoms with Crippen molar-refractivity contribution < 1.29 is 4.74 Å². The molecule has 0 unspecified atom stereocenters. The van der Waals surface area contributed by atoms with E-state index >= 15 is 0 Å². The minimum Gasteiger partial charge on any atom is -0.494 e. The molecule has 1 aromatic heterocycles. The number of aromatic nitrogens is 2. The summed E-state index contributed by atoms with van der Waals surface area (Å²) in [5, 5.41) is 0. The van der Waals surface area contributed by atoms with Gasteiger partial charge in [-0.3, -0.25) is 4.99 Å². The molecule has 4 nitrogen and oxygen atoms in total. The summed E-state index contributed by atoms with van der Waals surface area (Å²) < 4.78 is 7.23. The van der Waals surface area contributed by atoms with Crippen LogP contribution >= 0.6 is 0 Å². The monoisotopic (exact) mass is 243 g/mol. The number of benzene rings is 1. The summed E-state index contributed by atoms with van der Waals surface area (Å²) in [7, 11) is 3.62. The molecule has 0 amide bonds. The second kappa shape index (κ2) is 5.49. The van der Waals surface area contributed by atoms with E-state index in [1.807, 2.05) is 49.1 Å². The number of hydrogen-bond donors (Lipinski definition) is 0. The van der Waals surface area contributed by atoms with E-state index in [0.717, 1.165) is 29.1 Å². The molecule has 0 bridgehead atoms. The van der Waals surface area contributed by atoms with E-state index < -0.39 is 0 Å². The SMILES string of the molecule is COc1cccc(C)c1N=CCc1cn(C)cn1. The molecular weight excluding hydrogens is 226 g/mol. The van der Waals surface area contributed by atoms with Crippen molar-refractivity contribution in [1.82, 2.24) is 9.55 Å². The fraction of sp³-hybridized carbons (Fsp3) is 0.286. The van der Waals surface area contributed by atoms with Crippen molar-refractivity contribution in [3.05, 3.63) is 42.0 Å². The average molecular weight is 243 g/mol. The number of imidazole rings is 1. The quantitative estimate of drug-likeness (QED) is 0.774. The number of ether oxygens (including phenoxy) is 1. The van der Waals surface area contributed by atoms with Gasteiger partial charge in [0.1, 0.15) is 11.4 Å². The molecule has 94 valence electrons. The number of para-hydroxylation sites is 1. The van der Waals surface area contributed by atoms with E-state index in [1.54, 1.807) is 13.4 Å². The highest BCUT2D eigenvalue weighted by Crippen LogP contribution is 2.30. The molecule has 0 aliphatic carbocycles. The second-order valence-corrected chi connectivity index (χ2v) is 4.17. The third kappa shape index (κ3) is 2.77. The summed E-state index contributed by atoms with van der Waals surface area (Å²) in [6.07, 6.45) is 6.37. The van der Waals surface area contributed by atoms with Gasteiger partial charge in [0.15, 0.2) is 0 Å². The third-order valence-corrected chi connectivity index (χ3v) is 2.70. The lowest BCUT2D eigenvalue weighted by Crippen LogP contribution is -1.89. The van der Waals surface area contributed by atoms with Crippen molar-refractivity contribution >= 4 is 11.9 Å². The number of hydrogen-bond acceptors (Lipinski definition) is 3. The summed E-state index contributed by atoms with van der Waals surface area (Å²) in [6, 6.07) is 5.91. The van der Waals surface area contributed by atoms with Crippen LogP contribution in [0.15, 0.2) is 35.7 Å². The van der Waals surface area contributed by atoms with Crippen LogP contribution in [-0.2, 0) is 13.5 Å². The predicted molar refractivity (Wildman–Crippen MR) is 72.8 cm³/mol. The molecule has 0 saturated carbocycles. The molecule has 0 aliphatic rings. The van der Waals surface area contributed by atoms with Gasteiger partial charge in [0, 0.05) is 25.9 Å². The zero-order chi connectivity index (χ0) is 13.0. The zero-order valence-corrected chi connectivity index (χ0v) is 10.9. The molecule has 0 saturated heterocycles. The Kier molecular flexibility index (Phi) is 3.77. The molecule has 0 radical (unpaired) electrons. The lowest BCUT2D eigenvalue weighted by Gasteiger charge is -2.06. The van der Waals surface area contributed by atoms with Crippen LogP contribution in [0.2, 0.25) is 0 Å². The summed E-state index contributed by atoms with van der Waals surface area (Å²) in [5.41, 5.74) is 3.00. The van der Waals surface area contributed by atoms with Crippen LogP contribution in [0.1, 0.15) is 11.3 Å². The molecule has 1 aromatic carbocycles. The van der Waals surface area contributed by atoms with Crippen molar-refractivity contribution in [2.24, 2.45) is 12.0 Å². The van der Waals surface area contributed by atoms with Crippen LogP contribution in [0.25, 0.3) is 0 Å². The Morgan fingerprint density at radius 3 is 2.94 bits per heavy atom. The van der Waals surface area contributed by atoms with Crippen molar-refractivity contribution in [1.29, 1.82) is 0 Å². The topological polar surface area (TPSA) is 39.4 Å². The standard InChI is InChI=1S/C14H17N3O/c1-11-5-4-6-13(18-3)14(11)15-8-7-12-9-17(2)10-16-12/h4-6,8-10H,7H2,1-3H3. The number of aryl methyl sites for hydroxylation is 2. The Hall–Kier alpha value is -2.10. The number of aliphatic imine (C=N–C) groups is 1. The van der Waals surface area contributed by atoms with E-state index in [0.29, 0.717) is 0 Å². The highest BCUT2D eigenvalue weighted by Gasteiger charge is 2.03. The molecule has 0 aliphatic heterocycles. The molecule has 0 atom stereocenters. The maximum absolute atomic E-state index is 5.30. The van der Waals surface area contributed by atoms with Gasteiger partial charge in [0.25, 0.3) is 0 Å². The van der Waals surface area contributed by atoms with Crippen LogP contribution < -0.4 is 4.74 Å². The van der Waals surface area contributed by atoms with Crippen molar-refractivity contribution in [3.63, 3.8) is 0 Å². The Labute approximate surface area is 107 Å². The van der Waals surface area contributed by atoms with E-state index in [-0.39, 0.29) is 0 Å². The van der Waals surface area contributed by atoms with Gasteiger partial charge in [-0.15, -0.1) is 0 Å². The largest absolute Gasteiger partial charge is 0.494 e. The lowest BCUT2D eigenvalue weighted by atomic mass is 10.2. The van der Waals surface area contributed by atoms with Gasteiger partial charge >= 0.3 is 0 Å². The van der Waals surface area contributed by atoms with Crippen LogP contribution in [0.4, 0.5) is 5.69 Å². The Morgan fingerprint density at radius 1 is 1.44 bits per heavy atom. The first-order chi connectivity index (χ1) is 8.70. The second-order valence-electron chi connectivity index (χ2n) is 4.17. The van der Waals surface area contributed by atoms with Gasteiger partial charge in [-0.2, -0.15) is 0 Å². The summed E-state index contributed by atoms with van der Waals surface area (Å²) >= 11 is 0. The highest BCUT2D eigenvalue weighted by atomic mass is 16.5.